The molecule has 0 fully saturated rings. The summed E-state index contributed by atoms with van der Waals surface area (Å²) in [6.45, 7) is 0. The summed E-state index contributed by atoms with van der Waals surface area (Å²) in [5.41, 5.74) is 3.96. The molecule has 0 unspecified atom stereocenters. The molecule has 3 nitrogen and oxygen atoms in total. The van der Waals surface area contributed by atoms with Gasteiger partial charge in [-0.25, -0.2) is 13.8 Å². The Morgan fingerprint density at radius 1 is 1.64 bits per heavy atom. The van der Waals surface area contributed by atoms with E-state index in [-0.39, 0.29) is 10.0 Å². The van der Waals surface area contributed by atoms with E-state index in [2.05, 4.69) is 20.9 Å². The maximum atomic E-state index is 12.5. The molecule has 2 N–H and O–H groups in total. The third kappa shape index (κ3) is 2.01. The Morgan fingerprint density at radius 2 is 2.21 bits per heavy atom. The number of pyridine rings is 1. The minimum Gasteiger partial charge on any atom is -0.366 e. The predicted molar refractivity (Wildman–Crippen MR) is 50.4 cm³/mol. The minimum absolute atomic E-state index is 0.102. The Balaban J connectivity index is 3.50. The fraction of sp³-hybridized carbons (Fsp3) is 0.143. The van der Waals surface area contributed by atoms with E-state index < -0.39 is 23.0 Å². The van der Waals surface area contributed by atoms with Crippen LogP contribution in [-0.2, 0) is 0 Å². The number of hydrogen-bond donors (Lipinski definition) is 1. The van der Waals surface area contributed by atoms with Crippen LogP contribution in [0.5, 0.6) is 0 Å². The van der Waals surface area contributed by atoms with E-state index in [1.807, 2.05) is 0 Å². The molecule has 0 saturated carbocycles. The van der Waals surface area contributed by atoms with Crippen molar-refractivity contribution in [1.29, 1.82) is 0 Å². The van der Waals surface area contributed by atoms with Crippen molar-refractivity contribution in [2.24, 2.45) is 5.73 Å². The number of nitrogens with two attached hydrogens (primary N) is 1. The van der Waals surface area contributed by atoms with Crippen molar-refractivity contribution in [3.63, 3.8) is 0 Å². The molecule has 0 spiro atoms. The van der Waals surface area contributed by atoms with Crippen LogP contribution in [0.3, 0.4) is 0 Å². The Bertz CT molecular complexity index is 386. The van der Waals surface area contributed by atoms with Gasteiger partial charge in [0, 0.05) is 10.7 Å². The second-order valence-corrected chi connectivity index (χ2v) is 3.56. The van der Waals surface area contributed by atoms with Crippen LogP contribution >= 0.6 is 27.5 Å². The normalized spacial score (nSPS) is 10.6. The van der Waals surface area contributed by atoms with Gasteiger partial charge in [-0.15, -0.1) is 0 Å². The van der Waals surface area contributed by atoms with Crippen LogP contribution in [-0.4, -0.2) is 10.9 Å². The summed E-state index contributed by atoms with van der Waals surface area (Å²) in [4.78, 5) is 14.3. The van der Waals surface area contributed by atoms with E-state index in [4.69, 9.17) is 17.3 Å². The zero-order valence-electron chi connectivity index (χ0n) is 6.60. The van der Waals surface area contributed by atoms with Crippen molar-refractivity contribution < 1.29 is 13.6 Å². The smallest absolute Gasteiger partial charge is 0.267 e. The zero-order chi connectivity index (χ0) is 10.9. The molecule has 1 rings (SSSR count). The van der Waals surface area contributed by atoms with Crippen molar-refractivity contribution in [3.05, 3.63) is 26.9 Å². The second-order valence-electron chi connectivity index (χ2n) is 2.35. The zero-order valence-corrected chi connectivity index (χ0v) is 8.94. The van der Waals surface area contributed by atoms with Crippen LogP contribution in [0.1, 0.15) is 22.3 Å². The van der Waals surface area contributed by atoms with Gasteiger partial charge in [-0.2, -0.15) is 0 Å². The summed E-state index contributed by atoms with van der Waals surface area (Å²) >= 11 is 8.32. The van der Waals surface area contributed by atoms with E-state index in [1.165, 1.54) is 0 Å². The molecule has 0 aliphatic carbocycles. The first-order chi connectivity index (χ1) is 6.45. The second kappa shape index (κ2) is 4.18. The van der Waals surface area contributed by atoms with E-state index >= 15 is 0 Å². The summed E-state index contributed by atoms with van der Waals surface area (Å²) in [5.74, 6) is -0.975. The van der Waals surface area contributed by atoms with Gasteiger partial charge in [0.25, 0.3) is 12.3 Å². The first-order valence-corrected chi connectivity index (χ1v) is 4.54. The van der Waals surface area contributed by atoms with Gasteiger partial charge in [-0.05, 0) is 15.9 Å². The van der Waals surface area contributed by atoms with Gasteiger partial charge in [-0.3, -0.25) is 4.79 Å². The maximum absolute atomic E-state index is 12.5. The summed E-state index contributed by atoms with van der Waals surface area (Å²) in [5, 5.41) is -0.419. The standard InChI is InChI=1S/C7H4BrClF2N2O/c8-2-1-13-5(9)4(6(10)11)3(2)7(12)14/h1,6H,(H2,12,14). The molecule has 14 heavy (non-hydrogen) atoms. The van der Waals surface area contributed by atoms with Gasteiger partial charge in [0.1, 0.15) is 5.15 Å². The number of carbonyl (C=O) groups excluding carboxylic acids is 1. The van der Waals surface area contributed by atoms with Crippen molar-refractivity contribution in [1.82, 2.24) is 4.98 Å². The van der Waals surface area contributed by atoms with E-state index in [0.29, 0.717) is 0 Å². The lowest BCUT2D eigenvalue weighted by molar-refractivity contribution is 0.0985. The van der Waals surface area contributed by atoms with E-state index in [9.17, 15) is 13.6 Å². The number of carbonyl (C=O) groups is 1. The molecule has 0 aromatic carbocycles. The fourth-order valence-electron chi connectivity index (χ4n) is 0.929. The third-order valence-corrected chi connectivity index (χ3v) is 2.39. The van der Waals surface area contributed by atoms with Gasteiger partial charge in [0.2, 0.25) is 0 Å². The molecule has 7 heteroatoms. The first kappa shape index (κ1) is 11.3. The average Bonchev–Trinajstić information content (AvgIpc) is 2.07. The molecule has 0 aliphatic heterocycles. The molecule has 76 valence electrons. The number of amides is 1. The topological polar surface area (TPSA) is 56.0 Å². The lowest BCUT2D eigenvalue weighted by atomic mass is 10.1. The highest BCUT2D eigenvalue weighted by Gasteiger charge is 2.23. The predicted octanol–water partition coefficient (Wildman–Crippen LogP) is 2.53. The molecule has 0 saturated heterocycles. The Morgan fingerprint density at radius 3 is 2.57 bits per heavy atom. The van der Waals surface area contributed by atoms with Crippen LogP contribution in [0.15, 0.2) is 10.7 Å². The highest BCUT2D eigenvalue weighted by atomic mass is 79.9. The summed E-state index contributed by atoms with van der Waals surface area (Å²) in [6, 6.07) is 0. The molecular weight excluding hydrogens is 281 g/mol. The van der Waals surface area contributed by atoms with Gasteiger partial charge in [0.05, 0.1) is 11.1 Å². The van der Waals surface area contributed by atoms with Crippen LogP contribution in [0.4, 0.5) is 8.78 Å². The summed E-state index contributed by atoms with van der Waals surface area (Å²) in [6.07, 6.45) is -1.75. The van der Waals surface area contributed by atoms with Gasteiger partial charge >= 0.3 is 0 Å². The Labute approximate surface area is 91.4 Å². The van der Waals surface area contributed by atoms with Gasteiger partial charge in [-0.1, -0.05) is 11.6 Å². The number of primary amides is 1. The first-order valence-electron chi connectivity index (χ1n) is 3.37. The molecule has 0 aliphatic rings. The van der Waals surface area contributed by atoms with Gasteiger partial charge < -0.3 is 5.73 Å². The monoisotopic (exact) mass is 284 g/mol. The van der Waals surface area contributed by atoms with Crippen LogP contribution in [0, 0.1) is 0 Å². The van der Waals surface area contributed by atoms with Crippen molar-refractivity contribution in [2.45, 2.75) is 6.43 Å². The third-order valence-electron chi connectivity index (χ3n) is 1.49. The molecule has 1 aromatic heterocycles. The average molecular weight is 285 g/mol. The molecular formula is C7H4BrClF2N2O. The largest absolute Gasteiger partial charge is 0.366 e. The Hall–Kier alpha value is -0.750. The maximum Gasteiger partial charge on any atom is 0.267 e. The number of halogens is 4. The quantitative estimate of drug-likeness (QED) is 0.849. The lowest BCUT2D eigenvalue weighted by Crippen LogP contribution is -2.15. The van der Waals surface area contributed by atoms with Crippen molar-refractivity contribution in [2.75, 3.05) is 0 Å². The molecule has 1 heterocycles. The number of alkyl halides is 2. The summed E-state index contributed by atoms with van der Waals surface area (Å²) in [7, 11) is 0. The van der Waals surface area contributed by atoms with Gasteiger partial charge in [0.15, 0.2) is 0 Å². The fourth-order valence-corrected chi connectivity index (χ4v) is 1.67. The van der Waals surface area contributed by atoms with Crippen LogP contribution < -0.4 is 5.73 Å². The van der Waals surface area contributed by atoms with Crippen molar-refractivity contribution in [3.8, 4) is 0 Å². The number of aromatic nitrogens is 1. The SMILES string of the molecule is NC(=O)c1c(Br)cnc(Cl)c1C(F)F. The number of hydrogen-bond acceptors (Lipinski definition) is 2. The Kier molecular flexibility index (Phi) is 3.38. The minimum atomic E-state index is -2.89. The molecule has 0 bridgehead atoms. The number of rotatable bonds is 2. The molecule has 0 radical (unpaired) electrons. The molecule has 0 atom stereocenters. The van der Waals surface area contributed by atoms with Crippen molar-refractivity contribution >= 4 is 33.4 Å². The highest BCUT2D eigenvalue weighted by molar-refractivity contribution is 9.10. The molecule has 1 aromatic rings. The van der Waals surface area contributed by atoms with Crippen LogP contribution in [0.2, 0.25) is 5.15 Å². The molecule has 1 amide bonds. The van der Waals surface area contributed by atoms with Crippen LogP contribution in [0.25, 0.3) is 0 Å². The highest BCUT2D eigenvalue weighted by Crippen LogP contribution is 2.32. The van der Waals surface area contributed by atoms with E-state index in [1.54, 1.807) is 0 Å². The lowest BCUT2D eigenvalue weighted by Gasteiger charge is -2.08. The van der Waals surface area contributed by atoms with E-state index in [0.717, 1.165) is 6.20 Å². The summed E-state index contributed by atoms with van der Waals surface area (Å²) < 4.78 is 25.1. The number of nitrogens with zero attached hydrogens (tertiary/aromatic N) is 1.